The van der Waals surface area contributed by atoms with Gasteiger partial charge < -0.3 is 20.1 Å². The third-order valence-corrected chi connectivity index (χ3v) is 5.65. The first-order valence-electron chi connectivity index (χ1n) is 7.98. The maximum Gasteiger partial charge on any atom is 0.223 e. The Hall–Kier alpha value is -0.980. The number of amides is 1. The molecule has 2 N–H and O–H groups in total. The third-order valence-electron chi connectivity index (χ3n) is 5.07. The molecule has 3 rings (SSSR count). The predicted molar refractivity (Wildman–Crippen MR) is 99.0 cm³/mol. The Morgan fingerprint density at radius 3 is 2.67 bits per heavy atom. The minimum atomic E-state index is 0. The summed E-state index contributed by atoms with van der Waals surface area (Å²) in [6.45, 7) is 2.57. The summed E-state index contributed by atoms with van der Waals surface area (Å²) in [5.41, 5.74) is 1.26. The number of methoxy groups -OCH3 is 2. The molecule has 1 aromatic carbocycles. The first-order chi connectivity index (χ1) is 11.1. The Morgan fingerprint density at radius 1 is 1.33 bits per heavy atom. The molecule has 134 valence electrons. The molecule has 1 spiro atoms. The fourth-order valence-corrected chi connectivity index (χ4v) is 4.23. The van der Waals surface area contributed by atoms with E-state index in [1.165, 1.54) is 0 Å². The van der Waals surface area contributed by atoms with Crippen molar-refractivity contribution in [2.75, 3.05) is 27.3 Å². The van der Waals surface area contributed by atoms with Gasteiger partial charge in [0.15, 0.2) is 11.5 Å². The summed E-state index contributed by atoms with van der Waals surface area (Å²) >= 11 is 3.48. The lowest BCUT2D eigenvalue weighted by molar-refractivity contribution is -0.123. The van der Waals surface area contributed by atoms with Crippen molar-refractivity contribution in [3.8, 4) is 11.5 Å². The first kappa shape index (κ1) is 19.3. The Balaban J connectivity index is 0.00000208. The lowest BCUT2D eigenvalue weighted by Crippen LogP contribution is -2.33. The van der Waals surface area contributed by atoms with Gasteiger partial charge in [-0.25, -0.2) is 0 Å². The zero-order valence-corrected chi connectivity index (χ0v) is 16.4. The van der Waals surface area contributed by atoms with Gasteiger partial charge in [-0.3, -0.25) is 4.79 Å². The topological polar surface area (TPSA) is 59.6 Å². The average molecular weight is 420 g/mol. The lowest BCUT2D eigenvalue weighted by Gasteiger charge is -2.23. The number of nitrogens with one attached hydrogen (secondary N) is 2. The first-order valence-corrected chi connectivity index (χ1v) is 8.78. The maximum atomic E-state index is 12.4. The fourth-order valence-electron chi connectivity index (χ4n) is 3.58. The van der Waals surface area contributed by atoms with Crippen molar-refractivity contribution in [3.63, 3.8) is 0 Å². The van der Waals surface area contributed by atoms with E-state index in [-0.39, 0.29) is 29.6 Å². The van der Waals surface area contributed by atoms with Crippen LogP contribution in [-0.4, -0.2) is 33.2 Å². The Morgan fingerprint density at radius 2 is 2.04 bits per heavy atom. The lowest BCUT2D eigenvalue weighted by atomic mass is 9.92. The second-order valence-electron chi connectivity index (χ2n) is 6.40. The summed E-state index contributed by atoms with van der Waals surface area (Å²) in [5.74, 6) is 1.69. The molecule has 0 aromatic heterocycles. The van der Waals surface area contributed by atoms with Crippen LogP contribution < -0.4 is 20.1 Å². The zero-order chi connectivity index (χ0) is 16.4. The van der Waals surface area contributed by atoms with Gasteiger partial charge in [0.1, 0.15) is 0 Å². The van der Waals surface area contributed by atoms with Crippen molar-refractivity contribution in [3.05, 3.63) is 22.2 Å². The molecular weight excluding hydrogens is 396 g/mol. The normalized spacial score (nSPS) is 20.9. The molecule has 1 aliphatic heterocycles. The summed E-state index contributed by atoms with van der Waals surface area (Å²) in [6, 6.07) is 3.85. The maximum absolute atomic E-state index is 12.4. The Bertz CT molecular complexity index is 606. The van der Waals surface area contributed by atoms with Crippen LogP contribution in [0.4, 0.5) is 0 Å². The van der Waals surface area contributed by atoms with Crippen molar-refractivity contribution in [1.29, 1.82) is 0 Å². The van der Waals surface area contributed by atoms with Crippen molar-refractivity contribution < 1.29 is 14.3 Å². The number of carbonyl (C=O) groups excluding carboxylic acids is 1. The van der Waals surface area contributed by atoms with Crippen molar-refractivity contribution in [2.24, 2.45) is 11.3 Å². The van der Waals surface area contributed by atoms with E-state index in [2.05, 4.69) is 26.6 Å². The molecule has 1 atom stereocenters. The van der Waals surface area contributed by atoms with E-state index in [9.17, 15) is 4.79 Å². The van der Waals surface area contributed by atoms with Crippen LogP contribution in [0.15, 0.2) is 16.6 Å². The fraction of sp³-hybridized carbons (Fsp3) is 0.588. The standard InChI is InChI=1S/C17H23BrN2O3.ClH/c1-22-14-8-11(7-13(18)15(14)23-2)10-20-16(21)12-9-17(12)3-5-19-6-4-17;/h7-8,12,19H,3-6,9-10H2,1-2H3,(H,20,21);1H. The molecule has 1 aromatic rings. The highest BCUT2D eigenvalue weighted by Gasteiger charge is 2.57. The summed E-state index contributed by atoms with van der Waals surface area (Å²) in [6.07, 6.45) is 3.27. The highest BCUT2D eigenvalue weighted by atomic mass is 79.9. The minimum Gasteiger partial charge on any atom is -0.493 e. The molecule has 2 aliphatic rings. The average Bonchev–Trinajstić information content (AvgIpc) is 3.25. The van der Waals surface area contributed by atoms with Gasteiger partial charge >= 0.3 is 0 Å². The Kier molecular flexibility index (Phi) is 6.39. The van der Waals surface area contributed by atoms with E-state index in [4.69, 9.17) is 9.47 Å². The van der Waals surface area contributed by atoms with Crippen LogP contribution in [0.3, 0.4) is 0 Å². The molecular formula is C17H24BrClN2O3. The summed E-state index contributed by atoms with van der Waals surface area (Å²) in [5, 5.41) is 6.44. The van der Waals surface area contributed by atoms with Crippen molar-refractivity contribution in [2.45, 2.75) is 25.8 Å². The molecule has 1 heterocycles. The number of hydrogen-bond acceptors (Lipinski definition) is 4. The van der Waals surface area contributed by atoms with Crippen molar-refractivity contribution >= 4 is 34.2 Å². The highest BCUT2D eigenvalue weighted by molar-refractivity contribution is 9.10. The van der Waals surface area contributed by atoms with Gasteiger partial charge in [0.05, 0.1) is 18.7 Å². The molecule has 5 nitrogen and oxygen atoms in total. The van der Waals surface area contributed by atoms with Gasteiger partial charge in [-0.15, -0.1) is 12.4 Å². The molecule has 24 heavy (non-hydrogen) atoms. The van der Waals surface area contributed by atoms with Gasteiger partial charge in [-0.1, -0.05) is 0 Å². The summed E-state index contributed by atoms with van der Waals surface area (Å²) < 4.78 is 11.5. The van der Waals surface area contributed by atoms with Crippen molar-refractivity contribution in [1.82, 2.24) is 10.6 Å². The highest BCUT2D eigenvalue weighted by Crippen LogP contribution is 2.58. The summed E-state index contributed by atoms with van der Waals surface area (Å²) in [7, 11) is 3.22. The smallest absolute Gasteiger partial charge is 0.223 e. The molecule has 1 saturated heterocycles. The molecule has 0 radical (unpaired) electrons. The van der Waals surface area contributed by atoms with Gasteiger partial charge in [-0.05, 0) is 71.4 Å². The second kappa shape index (κ2) is 7.93. The molecule has 1 unspecified atom stereocenters. The van der Waals surface area contributed by atoms with Crippen LogP contribution in [0, 0.1) is 11.3 Å². The van der Waals surface area contributed by atoms with Crippen LogP contribution >= 0.6 is 28.3 Å². The molecule has 1 amide bonds. The summed E-state index contributed by atoms with van der Waals surface area (Å²) in [4.78, 5) is 12.4. The number of hydrogen-bond donors (Lipinski definition) is 2. The SMILES string of the molecule is COc1cc(CNC(=O)C2CC23CCNCC3)cc(Br)c1OC.Cl. The Labute approximate surface area is 157 Å². The number of piperidine rings is 1. The number of rotatable bonds is 5. The number of halogens is 2. The minimum absolute atomic E-state index is 0. The monoisotopic (exact) mass is 418 g/mol. The van der Waals surface area contributed by atoms with Gasteiger partial charge in [-0.2, -0.15) is 0 Å². The molecule has 7 heteroatoms. The van der Waals surface area contributed by atoms with E-state index in [1.54, 1.807) is 14.2 Å². The molecule has 1 saturated carbocycles. The van der Waals surface area contributed by atoms with E-state index in [1.807, 2.05) is 12.1 Å². The van der Waals surface area contributed by atoms with Crippen LogP contribution in [-0.2, 0) is 11.3 Å². The van der Waals surface area contributed by atoms with Gasteiger partial charge in [0, 0.05) is 12.5 Å². The van der Waals surface area contributed by atoms with Crippen LogP contribution in [0.25, 0.3) is 0 Å². The van der Waals surface area contributed by atoms with E-state index in [0.29, 0.717) is 18.0 Å². The van der Waals surface area contributed by atoms with E-state index < -0.39 is 0 Å². The zero-order valence-electron chi connectivity index (χ0n) is 14.0. The number of carbonyl (C=O) groups is 1. The second-order valence-corrected chi connectivity index (χ2v) is 7.25. The third kappa shape index (κ3) is 3.81. The van der Waals surface area contributed by atoms with Gasteiger partial charge in [0.25, 0.3) is 0 Å². The van der Waals surface area contributed by atoms with Crippen LogP contribution in [0.1, 0.15) is 24.8 Å². The van der Waals surface area contributed by atoms with E-state index >= 15 is 0 Å². The van der Waals surface area contributed by atoms with E-state index in [0.717, 1.165) is 42.4 Å². The number of ether oxygens (including phenoxy) is 2. The molecule has 0 bridgehead atoms. The molecule has 1 aliphatic carbocycles. The quantitative estimate of drug-likeness (QED) is 0.770. The van der Waals surface area contributed by atoms with Crippen LogP contribution in [0.2, 0.25) is 0 Å². The largest absolute Gasteiger partial charge is 0.493 e. The van der Waals surface area contributed by atoms with Crippen LogP contribution in [0.5, 0.6) is 11.5 Å². The number of benzene rings is 1. The van der Waals surface area contributed by atoms with Gasteiger partial charge in [0.2, 0.25) is 5.91 Å². The predicted octanol–water partition coefficient (Wildman–Crippen LogP) is 2.89. The molecule has 2 fully saturated rings.